The molecule has 17 heavy (non-hydrogen) atoms. The van der Waals surface area contributed by atoms with Gasteiger partial charge in [-0.05, 0) is 38.5 Å². The zero-order valence-electron chi connectivity index (χ0n) is 11.0. The third-order valence-corrected chi connectivity index (χ3v) is 5.49. The quantitative estimate of drug-likeness (QED) is 0.705. The first-order valence-corrected chi connectivity index (χ1v) is 6.94. The van der Waals surface area contributed by atoms with Gasteiger partial charge in [0.15, 0.2) is 0 Å². The zero-order chi connectivity index (χ0) is 12.1. The number of methoxy groups -OCH3 is 1. The van der Waals surface area contributed by atoms with Crippen molar-refractivity contribution in [2.24, 2.45) is 11.3 Å². The minimum absolute atomic E-state index is 0.0142. The van der Waals surface area contributed by atoms with Crippen LogP contribution in [0, 0.1) is 11.3 Å². The second kappa shape index (κ2) is 3.71. The molecule has 0 radical (unpaired) electrons. The van der Waals surface area contributed by atoms with E-state index in [0.29, 0.717) is 5.54 Å². The van der Waals surface area contributed by atoms with Crippen molar-refractivity contribution < 1.29 is 9.53 Å². The molecule has 0 spiro atoms. The van der Waals surface area contributed by atoms with Crippen molar-refractivity contribution in [3.63, 3.8) is 0 Å². The van der Waals surface area contributed by atoms with Crippen LogP contribution in [-0.2, 0) is 9.53 Å². The van der Waals surface area contributed by atoms with Crippen LogP contribution in [0.2, 0.25) is 0 Å². The van der Waals surface area contributed by atoms with E-state index in [9.17, 15) is 4.79 Å². The largest absolute Gasteiger partial charge is 0.469 e. The standard InChI is InChI=1S/C14H23NO2/c1-13-6-4-3-5-11(13)9-15(13)10-14(7-8-14)12(16)17-2/h11H,3-10H2,1-2H3/t11-,13-/m0/s1. The highest BCUT2D eigenvalue weighted by Gasteiger charge is 2.58. The average Bonchev–Trinajstić information content (AvgIpc) is 3.10. The van der Waals surface area contributed by atoms with Crippen molar-refractivity contribution in [3.8, 4) is 0 Å². The van der Waals surface area contributed by atoms with Gasteiger partial charge in [-0.25, -0.2) is 0 Å². The summed E-state index contributed by atoms with van der Waals surface area (Å²) in [6.07, 6.45) is 7.51. The molecule has 1 heterocycles. The van der Waals surface area contributed by atoms with Crippen LogP contribution in [0.5, 0.6) is 0 Å². The van der Waals surface area contributed by atoms with Crippen molar-refractivity contribution in [3.05, 3.63) is 0 Å². The van der Waals surface area contributed by atoms with Crippen LogP contribution >= 0.6 is 0 Å². The molecule has 2 saturated carbocycles. The summed E-state index contributed by atoms with van der Waals surface area (Å²) in [5.74, 6) is 0.894. The fraction of sp³-hybridized carbons (Fsp3) is 0.929. The molecule has 96 valence electrons. The molecule has 0 aromatic heterocycles. The van der Waals surface area contributed by atoms with Gasteiger partial charge in [0.05, 0.1) is 12.5 Å². The number of likely N-dealkylation sites (tertiary alicyclic amines) is 1. The van der Waals surface area contributed by atoms with E-state index >= 15 is 0 Å². The Morgan fingerprint density at radius 1 is 1.35 bits per heavy atom. The summed E-state index contributed by atoms with van der Waals surface area (Å²) in [5, 5.41) is 0. The summed E-state index contributed by atoms with van der Waals surface area (Å²) < 4.78 is 4.95. The molecular formula is C14H23NO2. The molecule has 0 aromatic carbocycles. The van der Waals surface area contributed by atoms with Crippen LogP contribution in [0.15, 0.2) is 0 Å². The molecule has 0 bridgehead atoms. The molecule has 0 amide bonds. The van der Waals surface area contributed by atoms with E-state index in [-0.39, 0.29) is 11.4 Å². The minimum Gasteiger partial charge on any atom is -0.469 e. The van der Waals surface area contributed by atoms with Crippen molar-refractivity contribution >= 4 is 5.97 Å². The number of carbonyl (C=O) groups is 1. The van der Waals surface area contributed by atoms with Gasteiger partial charge in [0.2, 0.25) is 0 Å². The lowest BCUT2D eigenvalue weighted by atomic mass is 9.66. The molecule has 3 rings (SSSR count). The number of esters is 1. The summed E-state index contributed by atoms with van der Waals surface area (Å²) >= 11 is 0. The molecule has 3 aliphatic rings. The van der Waals surface area contributed by atoms with E-state index < -0.39 is 0 Å². The van der Waals surface area contributed by atoms with E-state index in [2.05, 4.69) is 11.8 Å². The molecule has 0 unspecified atom stereocenters. The second-order valence-electron chi connectivity index (χ2n) is 6.45. The van der Waals surface area contributed by atoms with Gasteiger partial charge in [-0.15, -0.1) is 0 Å². The maximum absolute atomic E-state index is 11.8. The van der Waals surface area contributed by atoms with Gasteiger partial charge in [-0.2, -0.15) is 0 Å². The Bertz CT molecular complexity index is 337. The van der Waals surface area contributed by atoms with E-state index in [4.69, 9.17) is 4.74 Å². The topological polar surface area (TPSA) is 29.5 Å². The lowest BCUT2D eigenvalue weighted by Crippen LogP contribution is -2.67. The predicted molar refractivity (Wildman–Crippen MR) is 65.6 cm³/mol. The van der Waals surface area contributed by atoms with Crippen LogP contribution in [0.4, 0.5) is 0 Å². The van der Waals surface area contributed by atoms with Crippen molar-refractivity contribution in [2.75, 3.05) is 20.2 Å². The monoisotopic (exact) mass is 237 g/mol. The number of rotatable bonds is 3. The predicted octanol–water partition coefficient (Wildman–Crippen LogP) is 2.20. The number of nitrogens with zero attached hydrogens (tertiary/aromatic N) is 1. The van der Waals surface area contributed by atoms with Gasteiger partial charge < -0.3 is 4.74 Å². The molecule has 2 atom stereocenters. The van der Waals surface area contributed by atoms with Crippen LogP contribution in [0.3, 0.4) is 0 Å². The van der Waals surface area contributed by atoms with E-state index in [1.54, 1.807) is 0 Å². The first kappa shape index (κ1) is 11.5. The fourth-order valence-corrected chi connectivity index (χ4v) is 3.86. The van der Waals surface area contributed by atoms with Crippen molar-refractivity contribution in [2.45, 2.75) is 51.0 Å². The molecule has 0 N–H and O–H groups in total. The molecule has 1 saturated heterocycles. The maximum atomic E-state index is 11.8. The second-order valence-corrected chi connectivity index (χ2v) is 6.45. The summed E-state index contributed by atoms with van der Waals surface area (Å²) in [6.45, 7) is 4.54. The highest BCUT2D eigenvalue weighted by Crippen LogP contribution is 2.53. The number of carbonyl (C=O) groups excluding carboxylic acids is 1. The fourth-order valence-electron chi connectivity index (χ4n) is 3.86. The van der Waals surface area contributed by atoms with Gasteiger partial charge in [0.1, 0.15) is 0 Å². The Morgan fingerprint density at radius 2 is 2.12 bits per heavy atom. The summed E-state index contributed by atoms with van der Waals surface area (Å²) in [6, 6.07) is 0. The van der Waals surface area contributed by atoms with Gasteiger partial charge in [0.25, 0.3) is 0 Å². The van der Waals surface area contributed by atoms with Crippen LogP contribution in [0.25, 0.3) is 0 Å². The summed E-state index contributed by atoms with van der Waals surface area (Å²) in [4.78, 5) is 14.3. The van der Waals surface area contributed by atoms with Gasteiger partial charge in [-0.1, -0.05) is 12.8 Å². The number of hydrogen-bond acceptors (Lipinski definition) is 3. The lowest BCUT2D eigenvalue weighted by molar-refractivity contribution is -0.154. The van der Waals surface area contributed by atoms with Crippen molar-refractivity contribution in [1.82, 2.24) is 4.90 Å². The Balaban J connectivity index is 1.66. The number of ether oxygens (including phenoxy) is 1. The Morgan fingerprint density at radius 3 is 2.71 bits per heavy atom. The third-order valence-electron chi connectivity index (χ3n) is 5.49. The van der Waals surface area contributed by atoms with E-state index in [1.807, 2.05) is 0 Å². The molecule has 3 fully saturated rings. The van der Waals surface area contributed by atoms with Crippen molar-refractivity contribution in [1.29, 1.82) is 0 Å². The third kappa shape index (κ3) is 1.62. The smallest absolute Gasteiger partial charge is 0.313 e. The Labute approximate surface area is 104 Å². The Kier molecular flexibility index (Phi) is 2.51. The van der Waals surface area contributed by atoms with E-state index in [0.717, 1.165) is 25.3 Å². The van der Waals surface area contributed by atoms with Crippen LogP contribution in [0.1, 0.15) is 45.4 Å². The average molecular weight is 237 g/mol. The van der Waals surface area contributed by atoms with Gasteiger partial charge in [-0.3, -0.25) is 9.69 Å². The molecule has 3 nitrogen and oxygen atoms in total. The SMILES string of the molecule is COC(=O)C1(CN2C[C@@H]3CCCC[C@@]32C)CC1. The molecule has 2 aliphatic carbocycles. The molecule has 1 aliphatic heterocycles. The van der Waals surface area contributed by atoms with Gasteiger partial charge >= 0.3 is 5.97 Å². The van der Waals surface area contributed by atoms with Crippen LogP contribution < -0.4 is 0 Å². The first-order chi connectivity index (χ1) is 8.11. The molecular weight excluding hydrogens is 214 g/mol. The minimum atomic E-state index is -0.139. The lowest BCUT2D eigenvalue weighted by Gasteiger charge is -2.60. The Hall–Kier alpha value is -0.570. The first-order valence-electron chi connectivity index (χ1n) is 6.94. The number of fused-ring (bicyclic) bond motifs is 1. The highest BCUT2D eigenvalue weighted by molar-refractivity contribution is 5.80. The number of hydrogen-bond donors (Lipinski definition) is 0. The molecule has 3 heteroatoms. The summed E-state index contributed by atoms with van der Waals surface area (Å²) in [7, 11) is 1.52. The summed E-state index contributed by atoms with van der Waals surface area (Å²) in [5.41, 5.74) is 0.252. The normalized spacial score (nSPS) is 39.1. The van der Waals surface area contributed by atoms with E-state index in [1.165, 1.54) is 39.3 Å². The molecule has 0 aromatic rings. The van der Waals surface area contributed by atoms with Crippen LogP contribution in [-0.4, -0.2) is 36.6 Å². The van der Waals surface area contributed by atoms with Gasteiger partial charge in [0, 0.05) is 18.6 Å². The maximum Gasteiger partial charge on any atom is 0.313 e. The zero-order valence-corrected chi connectivity index (χ0v) is 11.0. The highest BCUT2D eigenvalue weighted by atomic mass is 16.5.